The first-order valence-electron chi connectivity index (χ1n) is 8.07. The van der Waals surface area contributed by atoms with Crippen LogP contribution in [0, 0.1) is 0 Å². The molecule has 0 radical (unpaired) electrons. The van der Waals surface area contributed by atoms with E-state index in [2.05, 4.69) is 10.2 Å². The number of nitrogens with zero attached hydrogens (tertiary/aromatic N) is 3. The maximum absolute atomic E-state index is 12.5. The minimum atomic E-state index is -0.169. The summed E-state index contributed by atoms with van der Waals surface area (Å²) in [7, 11) is 4.78. The molecule has 0 unspecified atom stereocenters. The highest BCUT2D eigenvalue weighted by atomic mass is 35.5. The second-order valence-electron chi connectivity index (χ2n) is 5.74. The van der Waals surface area contributed by atoms with Gasteiger partial charge in [0.15, 0.2) is 11.5 Å². The molecule has 2 aromatic carbocycles. The van der Waals surface area contributed by atoms with Crippen molar-refractivity contribution in [2.45, 2.75) is 6.54 Å². The van der Waals surface area contributed by atoms with Crippen LogP contribution >= 0.6 is 11.6 Å². The van der Waals surface area contributed by atoms with Crippen molar-refractivity contribution in [1.29, 1.82) is 0 Å². The van der Waals surface area contributed by atoms with Gasteiger partial charge in [-0.05, 0) is 42.5 Å². The fraction of sp³-hybridized carbons (Fsp3) is 0.211. The highest BCUT2D eigenvalue weighted by Crippen LogP contribution is 2.31. The molecule has 0 fully saturated rings. The first-order chi connectivity index (χ1) is 13.0. The number of ether oxygens (including phenoxy) is 2. The van der Waals surface area contributed by atoms with Crippen LogP contribution in [-0.2, 0) is 6.54 Å². The van der Waals surface area contributed by atoms with Gasteiger partial charge in [0.25, 0.3) is 5.91 Å². The highest BCUT2D eigenvalue weighted by molar-refractivity contribution is 6.30. The summed E-state index contributed by atoms with van der Waals surface area (Å²) in [5.74, 6) is 1.65. The molecular formula is C19H18ClN3O4. The summed E-state index contributed by atoms with van der Waals surface area (Å²) in [6.45, 7) is 0.182. The molecular weight excluding hydrogens is 370 g/mol. The lowest BCUT2D eigenvalue weighted by Gasteiger charge is -2.14. The molecule has 8 heteroatoms. The molecule has 0 saturated carbocycles. The highest BCUT2D eigenvalue weighted by Gasteiger charge is 2.17. The molecule has 0 atom stereocenters. The first-order valence-corrected chi connectivity index (χ1v) is 8.45. The van der Waals surface area contributed by atoms with Gasteiger partial charge < -0.3 is 18.8 Å². The number of aromatic nitrogens is 2. The second-order valence-corrected chi connectivity index (χ2v) is 6.18. The number of hydrogen-bond donors (Lipinski definition) is 0. The van der Waals surface area contributed by atoms with E-state index in [0.717, 1.165) is 0 Å². The molecule has 140 valence electrons. The van der Waals surface area contributed by atoms with Crippen LogP contribution in [0.4, 0.5) is 0 Å². The van der Waals surface area contributed by atoms with Gasteiger partial charge in [0.2, 0.25) is 11.8 Å². The topological polar surface area (TPSA) is 77.7 Å². The van der Waals surface area contributed by atoms with Crippen LogP contribution in [0.5, 0.6) is 11.5 Å². The van der Waals surface area contributed by atoms with Crippen molar-refractivity contribution in [3.05, 3.63) is 58.9 Å². The van der Waals surface area contributed by atoms with E-state index >= 15 is 0 Å². The summed E-state index contributed by atoms with van der Waals surface area (Å²) in [6.07, 6.45) is 0. The number of amides is 1. The van der Waals surface area contributed by atoms with Gasteiger partial charge in [-0.2, -0.15) is 0 Å². The van der Waals surface area contributed by atoms with E-state index < -0.39 is 0 Å². The Labute approximate surface area is 161 Å². The Morgan fingerprint density at radius 2 is 1.78 bits per heavy atom. The van der Waals surface area contributed by atoms with E-state index in [9.17, 15) is 4.79 Å². The zero-order valence-electron chi connectivity index (χ0n) is 15.1. The monoisotopic (exact) mass is 387 g/mol. The Morgan fingerprint density at radius 3 is 2.44 bits per heavy atom. The lowest BCUT2D eigenvalue weighted by molar-refractivity contribution is 0.0773. The van der Waals surface area contributed by atoms with E-state index in [0.29, 0.717) is 39.4 Å². The molecule has 1 heterocycles. The normalized spacial score (nSPS) is 10.5. The number of carbonyl (C=O) groups excluding carboxylic acids is 1. The Kier molecular flexibility index (Phi) is 5.61. The molecule has 0 aliphatic rings. The average Bonchev–Trinajstić information content (AvgIpc) is 3.15. The molecule has 7 nitrogen and oxygen atoms in total. The maximum atomic E-state index is 12.5. The maximum Gasteiger partial charge on any atom is 0.254 e. The predicted octanol–water partition coefficient (Wildman–Crippen LogP) is 3.68. The predicted molar refractivity (Wildman–Crippen MR) is 100 cm³/mol. The van der Waals surface area contributed by atoms with Crippen molar-refractivity contribution in [2.75, 3.05) is 21.3 Å². The Morgan fingerprint density at radius 1 is 1.07 bits per heavy atom. The lowest BCUT2D eigenvalue weighted by atomic mass is 10.2. The van der Waals surface area contributed by atoms with Crippen molar-refractivity contribution in [3.8, 4) is 23.0 Å². The van der Waals surface area contributed by atoms with E-state index in [4.69, 9.17) is 25.5 Å². The van der Waals surface area contributed by atoms with Crippen molar-refractivity contribution in [1.82, 2.24) is 15.1 Å². The molecule has 27 heavy (non-hydrogen) atoms. The average molecular weight is 388 g/mol. The van der Waals surface area contributed by atoms with Gasteiger partial charge in [0.05, 0.1) is 20.8 Å². The number of carbonyl (C=O) groups is 1. The third kappa shape index (κ3) is 4.20. The molecule has 1 aromatic heterocycles. The molecule has 0 N–H and O–H groups in total. The third-order valence-corrected chi connectivity index (χ3v) is 4.16. The smallest absolute Gasteiger partial charge is 0.254 e. The van der Waals surface area contributed by atoms with E-state index in [-0.39, 0.29) is 12.5 Å². The third-order valence-electron chi connectivity index (χ3n) is 3.91. The van der Waals surface area contributed by atoms with E-state index in [1.807, 2.05) is 0 Å². The summed E-state index contributed by atoms with van der Waals surface area (Å²) < 4.78 is 16.2. The fourth-order valence-corrected chi connectivity index (χ4v) is 2.62. The molecule has 0 spiro atoms. The second kappa shape index (κ2) is 8.09. The SMILES string of the molecule is COc1ccc(-c2nnc(CN(C)C(=O)c3ccc(Cl)cc3)o2)cc1OC. The van der Waals surface area contributed by atoms with Crippen LogP contribution in [0.15, 0.2) is 46.9 Å². The molecule has 0 saturated heterocycles. The van der Waals surface area contributed by atoms with Crippen LogP contribution in [0.2, 0.25) is 5.02 Å². The van der Waals surface area contributed by atoms with Crippen LogP contribution in [0.25, 0.3) is 11.5 Å². The zero-order chi connectivity index (χ0) is 19.4. The van der Waals surface area contributed by atoms with Gasteiger partial charge in [0, 0.05) is 23.2 Å². The summed E-state index contributed by atoms with van der Waals surface area (Å²) in [5.41, 5.74) is 1.22. The van der Waals surface area contributed by atoms with Gasteiger partial charge in [-0.25, -0.2) is 0 Å². The first kappa shape index (κ1) is 18.7. The number of hydrogen-bond acceptors (Lipinski definition) is 6. The fourth-order valence-electron chi connectivity index (χ4n) is 2.49. The van der Waals surface area contributed by atoms with Gasteiger partial charge in [-0.15, -0.1) is 10.2 Å². The number of benzene rings is 2. The van der Waals surface area contributed by atoms with Crippen molar-refractivity contribution in [2.24, 2.45) is 0 Å². The summed E-state index contributed by atoms with van der Waals surface area (Å²) >= 11 is 5.85. The van der Waals surface area contributed by atoms with Gasteiger partial charge in [-0.3, -0.25) is 4.79 Å². The van der Waals surface area contributed by atoms with Gasteiger partial charge in [0.1, 0.15) is 0 Å². The number of halogens is 1. The van der Waals surface area contributed by atoms with E-state index in [1.165, 1.54) is 4.90 Å². The van der Waals surface area contributed by atoms with Crippen LogP contribution in [0.3, 0.4) is 0 Å². The number of methoxy groups -OCH3 is 2. The molecule has 0 aliphatic heterocycles. The van der Waals surface area contributed by atoms with Crippen LogP contribution in [0.1, 0.15) is 16.2 Å². The quantitative estimate of drug-likeness (QED) is 0.642. The molecule has 0 aliphatic carbocycles. The largest absolute Gasteiger partial charge is 0.493 e. The Hall–Kier alpha value is -3.06. The van der Waals surface area contributed by atoms with Crippen molar-refractivity contribution < 1.29 is 18.7 Å². The molecule has 0 bridgehead atoms. The lowest BCUT2D eigenvalue weighted by Crippen LogP contribution is -2.26. The van der Waals surface area contributed by atoms with Crippen molar-refractivity contribution >= 4 is 17.5 Å². The number of rotatable bonds is 6. The van der Waals surface area contributed by atoms with Gasteiger partial charge >= 0.3 is 0 Å². The summed E-state index contributed by atoms with van der Waals surface area (Å²) in [6, 6.07) is 12.0. The minimum absolute atomic E-state index is 0.169. The standard InChI is InChI=1S/C19H18ClN3O4/c1-23(19(24)12-4-7-14(20)8-5-12)11-17-21-22-18(27-17)13-6-9-15(25-2)16(10-13)26-3/h4-10H,11H2,1-3H3. The molecule has 3 aromatic rings. The molecule has 1 amide bonds. The van der Waals surface area contributed by atoms with Crippen LogP contribution in [-0.4, -0.2) is 42.3 Å². The minimum Gasteiger partial charge on any atom is -0.493 e. The summed E-state index contributed by atoms with van der Waals surface area (Å²) in [4.78, 5) is 13.9. The molecule has 3 rings (SSSR count). The van der Waals surface area contributed by atoms with E-state index in [1.54, 1.807) is 63.7 Å². The van der Waals surface area contributed by atoms with Crippen molar-refractivity contribution in [3.63, 3.8) is 0 Å². The van der Waals surface area contributed by atoms with Gasteiger partial charge in [-0.1, -0.05) is 11.6 Å². The van der Waals surface area contributed by atoms with Crippen LogP contribution < -0.4 is 9.47 Å². The summed E-state index contributed by atoms with van der Waals surface area (Å²) in [5, 5.41) is 8.64. The Bertz CT molecular complexity index is 940. The zero-order valence-corrected chi connectivity index (χ0v) is 15.9. The Balaban J connectivity index is 1.74.